The van der Waals surface area contributed by atoms with Crippen molar-refractivity contribution in [3.63, 3.8) is 0 Å². The molecule has 0 amide bonds. The van der Waals surface area contributed by atoms with E-state index in [0.29, 0.717) is 0 Å². The van der Waals surface area contributed by atoms with Gasteiger partial charge in [0.1, 0.15) is 0 Å². The van der Waals surface area contributed by atoms with Crippen LogP contribution in [0.25, 0.3) is 0 Å². The SMILES string of the molecule is Fc1cc(F)c(F)c(F)c1F.[Zn]. The van der Waals surface area contributed by atoms with Crippen LogP contribution >= 0.6 is 0 Å². The standard InChI is InChI=1S/C6HF5.Zn/c7-2-1-3(8)5(10)6(11)4(2)9;/h1H;. The van der Waals surface area contributed by atoms with Crippen LogP contribution in [0.15, 0.2) is 6.07 Å². The van der Waals surface area contributed by atoms with Crippen molar-refractivity contribution in [2.75, 3.05) is 0 Å². The molecule has 0 saturated carbocycles. The summed E-state index contributed by atoms with van der Waals surface area (Å²) in [5.41, 5.74) is 0. The van der Waals surface area contributed by atoms with Crippen LogP contribution in [0.3, 0.4) is 0 Å². The number of halogens is 5. The van der Waals surface area contributed by atoms with Gasteiger partial charge in [0.2, 0.25) is 5.82 Å². The van der Waals surface area contributed by atoms with Gasteiger partial charge in [-0.05, 0) is 0 Å². The number of benzene rings is 1. The molecule has 0 heterocycles. The van der Waals surface area contributed by atoms with Crippen LogP contribution in [0.2, 0.25) is 0 Å². The average molecular weight is 233 g/mol. The largest absolute Gasteiger partial charge is 0.204 e. The first-order chi connectivity index (χ1) is 5.04. The van der Waals surface area contributed by atoms with Gasteiger partial charge >= 0.3 is 0 Å². The van der Waals surface area contributed by atoms with E-state index in [1.54, 1.807) is 0 Å². The number of rotatable bonds is 0. The van der Waals surface area contributed by atoms with Gasteiger partial charge < -0.3 is 0 Å². The van der Waals surface area contributed by atoms with Crippen molar-refractivity contribution in [2.24, 2.45) is 0 Å². The topological polar surface area (TPSA) is 0 Å². The van der Waals surface area contributed by atoms with E-state index in [-0.39, 0.29) is 25.5 Å². The summed E-state index contributed by atoms with van der Waals surface area (Å²) in [4.78, 5) is 0. The Hall–Kier alpha value is -0.507. The van der Waals surface area contributed by atoms with E-state index in [9.17, 15) is 22.0 Å². The van der Waals surface area contributed by atoms with Crippen molar-refractivity contribution in [1.29, 1.82) is 0 Å². The molecule has 0 unspecified atom stereocenters. The van der Waals surface area contributed by atoms with E-state index in [4.69, 9.17) is 0 Å². The molecule has 0 radical (unpaired) electrons. The molecule has 1 rings (SSSR count). The first kappa shape index (κ1) is 11.5. The molecule has 1 aromatic rings. The molecule has 0 bridgehead atoms. The Bertz CT molecular complexity index is 272. The van der Waals surface area contributed by atoms with E-state index in [1.807, 2.05) is 0 Å². The molecule has 0 saturated heterocycles. The van der Waals surface area contributed by atoms with Crippen molar-refractivity contribution in [2.45, 2.75) is 0 Å². The van der Waals surface area contributed by atoms with Crippen LogP contribution in [0.5, 0.6) is 0 Å². The molecular formula is C6HF5Zn. The second-order valence-electron chi connectivity index (χ2n) is 1.78. The molecule has 6 heteroatoms. The van der Waals surface area contributed by atoms with Crippen LogP contribution < -0.4 is 0 Å². The van der Waals surface area contributed by atoms with E-state index in [0.717, 1.165) is 0 Å². The minimum absolute atomic E-state index is 0. The molecule has 0 N–H and O–H groups in total. The molecule has 0 nitrogen and oxygen atoms in total. The fourth-order valence-corrected chi connectivity index (χ4v) is 0.544. The maximum Gasteiger partial charge on any atom is 0.200 e. The quantitative estimate of drug-likeness (QED) is 0.279. The predicted octanol–water partition coefficient (Wildman–Crippen LogP) is 2.38. The summed E-state index contributed by atoms with van der Waals surface area (Å²) in [7, 11) is 0. The second-order valence-corrected chi connectivity index (χ2v) is 1.78. The molecule has 0 aliphatic carbocycles. The Morgan fingerprint density at radius 1 is 0.667 bits per heavy atom. The van der Waals surface area contributed by atoms with Crippen LogP contribution in [0, 0.1) is 29.1 Å². The van der Waals surface area contributed by atoms with E-state index >= 15 is 0 Å². The van der Waals surface area contributed by atoms with Crippen molar-refractivity contribution in [1.82, 2.24) is 0 Å². The third-order valence-electron chi connectivity index (χ3n) is 1.06. The zero-order chi connectivity index (χ0) is 8.59. The number of hydrogen-bond donors (Lipinski definition) is 0. The predicted molar refractivity (Wildman–Crippen MR) is 26.2 cm³/mol. The van der Waals surface area contributed by atoms with Gasteiger partial charge in [-0.15, -0.1) is 0 Å². The van der Waals surface area contributed by atoms with Crippen molar-refractivity contribution < 1.29 is 41.4 Å². The van der Waals surface area contributed by atoms with Gasteiger partial charge in [-0.25, -0.2) is 22.0 Å². The van der Waals surface area contributed by atoms with Gasteiger partial charge in [0.15, 0.2) is 23.3 Å². The molecule has 62 valence electrons. The molecule has 0 atom stereocenters. The summed E-state index contributed by atoms with van der Waals surface area (Å²) in [6.45, 7) is 0. The molecule has 1 aromatic carbocycles. The summed E-state index contributed by atoms with van der Waals surface area (Å²) in [5, 5.41) is 0. The van der Waals surface area contributed by atoms with E-state index in [1.165, 1.54) is 0 Å². The normalized spacial score (nSPS) is 9.42. The van der Waals surface area contributed by atoms with Gasteiger partial charge in [-0.1, -0.05) is 0 Å². The molecule has 0 spiro atoms. The zero-order valence-electron chi connectivity index (χ0n) is 5.67. The fraction of sp³-hybridized carbons (Fsp3) is 0. The second kappa shape index (κ2) is 3.94. The average Bonchev–Trinajstić information content (AvgIpc) is 1.97. The van der Waals surface area contributed by atoms with Crippen LogP contribution in [-0.4, -0.2) is 0 Å². The molecular weight excluding hydrogens is 232 g/mol. The minimum Gasteiger partial charge on any atom is -0.204 e. The van der Waals surface area contributed by atoms with Crippen molar-refractivity contribution >= 4 is 0 Å². The molecule has 0 aliphatic heterocycles. The summed E-state index contributed by atoms with van der Waals surface area (Å²) in [6, 6.07) is -0.0618. The first-order valence-corrected chi connectivity index (χ1v) is 2.52. The summed E-state index contributed by atoms with van der Waals surface area (Å²) >= 11 is 0. The van der Waals surface area contributed by atoms with Gasteiger partial charge in [0.05, 0.1) is 0 Å². The maximum absolute atomic E-state index is 12.0. The van der Waals surface area contributed by atoms with Gasteiger partial charge in [0, 0.05) is 25.5 Å². The fourth-order valence-electron chi connectivity index (χ4n) is 0.544. The Morgan fingerprint density at radius 2 is 1.00 bits per heavy atom. The van der Waals surface area contributed by atoms with Crippen molar-refractivity contribution in [3.8, 4) is 0 Å². The molecule has 12 heavy (non-hydrogen) atoms. The van der Waals surface area contributed by atoms with Crippen LogP contribution in [0.4, 0.5) is 22.0 Å². The summed E-state index contributed by atoms with van der Waals surface area (Å²) in [6.07, 6.45) is 0. The summed E-state index contributed by atoms with van der Waals surface area (Å²) < 4.78 is 60.0. The Labute approximate surface area is 77.1 Å². The van der Waals surface area contributed by atoms with Gasteiger partial charge in [-0.3, -0.25) is 0 Å². The number of hydrogen-bond acceptors (Lipinski definition) is 0. The Kier molecular flexibility index (Phi) is 3.77. The van der Waals surface area contributed by atoms with Gasteiger partial charge in [-0.2, -0.15) is 0 Å². The monoisotopic (exact) mass is 232 g/mol. The molecule has 0 fully saturated rings. The Balaban J connectivity index is 0.00000121. The summed E-state index contributed by atoms with van der Waals surface area (Å²) in [5.74, 6) is -9.65. The zero-order valence-corrected chi connectivity index (χ0v) is 8.64. The van der Waals surface area contributed by atoms with Crippen LogP contribution in [0.1, 0.15) is 0 Å². The molecule has 0 aliphatic rings. The third kappa shape index (κ3) is 1.80. The smallest absolute Gasteiger partial charge is 0.200 e. The maximum atomic E-state index is 12.0. The van der Waals surface area contributed by atoms with E-state index in [2.05, 4.69) is 0 Å². The Morgan fingerprint density at radius 3 is 1.33 bits per heavy atom. The minimum atomic E-state index is -2.14. The van der Waals surface area contributed by atoms with Gasteiger partial charge in [0.25, 0.3) is 0 Å². The first-order valence-electron chi connectivity index (χ1n) is 2.52. The molecule has 0 aromatic heterocycles. The van der Waals surface area contributed by atoms with E-state index < -0.39 is 29.1 Å². The third-order valence-corrected chi connectivity index (χ3v) is 1.06. The van der Waals surface area contributed by atoms with Crippen molar-refractivity contribution in [3.05, 3.63) is 35.2 Å². The van der Waals surface area contributed by atoms with Crippen LogP contribution in [-0.2, 0) is 19.5 Å².